The highest BCUT2D eigenvalue weighted by molar-refractivity contribution is 6.35. The second-order valence-electron chi connectivity index (χ2n) is 4.65. The SMILES string of the molecule is O=C(NN=C1CCCC1)C(=O)NN=C1CCCC1. The lowest BCUT2D eigenvalue weighted by atomic mass is 10.3. The molecule has 2 aliphatic rings. The number of amides is 2. The molecule has 0 bridgehead atoms. The van der Waals surface area contributed by atoms with E-state index in [2.05, 4.69) is 21.1 Å². The fourth-order valence-electron chi connectivity index (χ4n) is 2.15. The van der Waals surface area contributed by atoms with E-state index in [1.54, 1.807) is 0 Å². The summed E-state index contributed by atoms with van der Waals surface area (Å²) >= 11 is 0. The maximum absolute atomic E-state index is 11.4. The Morgan fingerprint density at radius 3 is 1.39 bits per heavy atom. The smallest absolute Gasteiger partial charge is 0.262 e. The van der Waals surface area contributed by atoms with Gasteiger partial charge in [0.15, 0.2) is 0 Å². The molecule has 0 aromatic rings. The molecule has 0 saturated heterocycles. The number of hydrogen-bond acceptors (Lipinski definition) is 4. The Labute approximate surface area is 106 Å². The van der Waals surface area contributed by atoms with Gasteiger partial charge >= 0.3 is 11.8 Å². The van der Waals surface area contributed by atoms with E-state index in [1.807, 2.05) is 0 Å². The molecule has 2 aliphatic carbocycles. The first-order valence-corrected chi connectivity index (χ1v) is 6.47. The van der Waals surface area contributed by atoms with Crippen LogP contribution in [0.3, 0.4) is 0 Å². The van der Waals surface area contributed by atoms with Crippen LogP contribution < -0.4 is 10.9 Å². The van der Waals surface area contributed by atoms with Crippen molar-refractivity contribution < 1.29 is 9.59 Å². The van der Waals surface area contributed by atoms with Crippen LogP contribution in [-0.2, 0) is 9.59 Å². The lowest BCUT2D eigenvalue weighted by Crippen LogP contribution is -2.36. The van der Waals surface area contributed by atoms with Crippen molar-refractivity contribution >= 4 is 23.2 Å². The Morgan fingerprint density at radius 2 is 1.06 bits per heavy atom. The van der Waals surface area contributed by atoms with E-state index < -0.39 is 11.8 Å². The maximum atomic E-state index is 11.4. The van der Waals surface area contributed by atoms with Gasteiger partial charge in [0.25, 0.3) is 0 Å². The van der Waals surface area contributed by atoms with Gasteiger partial charge in [-0.1, -0.05) is 0 Å². The van der Waals surface area contributed by atoms with Crippen LogP contribution in [0.1, 0.15) is 51.4 Å². The second-order valence-corrected chi connectivity index (χ2v) is 4.65. The summed E-state index contributed by atoms with van der Waals surface area (Å²) in [6.07, 6.45) is 8.05. The van der Waals surface area contributed by atoms with Crippen LogP contribution in [0, 0.1) is 0 Å². The predicted octanol–water partition coefficient (Wildman–Crippen LogP) is 1.08. The minimum absolute atomic E-state index is 0.753. The van der Waals surface area contributed by atoms with E-state index in [4.69, 9.17) is 0 Å². The zero-order chi connectivity index (χ0) is 12.8. The molecule has 2 fully saturated rings. The van der Waals surface area contributed by atoms with E-state index in [9.17, 15) is 9.59 Å². The van der Waals surface area contributed by atoms with Crippen molar-refractivity contribution in [3.8, 4) is 0 Å². The topological polar surface area (TPSA) is 82.9 Å². The molecule has 2 rings (SSSR count). The van der Waals surface area contributed by atoms with Crippen LogP contribution in [-0.4, -0.2) is 23.2 Å². The molecule has 0 atom stereocenters. The van der Waals surface area contributed by atoms with E-state index in [-0.39, 0.29) is 0 Å². The Morgan fingerprint density at radius 1 is 0.722 bits per heavy atom. The fourth-order valence-corrected chi connectivity index (χ4v) is 2.15. The molecule has 6 nitrogen and oxygen atoms in total. The quantitative estimate of drug-likeness (QED) is 0.568. The van der Waals surface area contributed by atoms with Crippen LogP contribution in [0.15, 0.2) is 10.2 Å². The third kappa shape index (κ3) is 3.65. The van der Waals surface area contributed by atoms with Crippen LogP contribution in [0.4, 0.5) is 0 Å². The first-order chi connectivity index (χ1) is 8.75. The molecule has 98 valence electrons. The van der Waals surface area contributed by atoms with Gasteiger partial charge in [-0.3, -0.25) is 9.59 Å². The highest BCUT2D eigenvalue weighted by atomic mass is 16.2. The molecule has 0 radical (unpaired) electrons. The van der Waals surface area contributed by atoms with Gasteiger partial charge < -0.3 is 0 Å². The Kier molecular flexibility index (Phi) is 4.44. The first kappa shape index (κ1) is 12.7. The number of hydrazone groups is 2. The second kappa shape index (κ2) is 6.28. The molecule has 2 amide bonds. The zero-order valence-corrected chi connectivity index (χ0v) is 10.4. The molecule has 0 heterocycles. The van der Waals surface area contributed by atoms with Gasteiger partial charge in [0, 0.05) is 11.4 Å². The van der Waals surface area contributed by atoms with Gasteiger partial charge in [-0.25, -0.2) is 10.9 Å². The summed E-state index contributed by atoms with van der Waals surface area (Å²) in [5, 5.41) is 7.86. The molecular weight excluding hydrogens is 232 g/mol. The van der Waals surface area contributed by atoms with Crippen molar-refractivity contribution in [3.05, 3.63) is 0 Å². The van der Waals surface area contributed by atoms with E-state index in [1.165, 1.54) is 0 Å². The number of nitrogens with one attached hydrogen (secondary N) is 2. The molecule has 0 aromatic heterocycles. The minimum Gasteiger partial charge on any atom is -0.262 e. The summed E-state index contributed by atoms with van der Waals surface area (Å²) in [4.78, 5) is 22.8. The number of nitrogens with zero attached hydrogens (tertiary/aromatic N) is 2. The number of carbonyl (C=O) groups is 2. The third-order valence-corrected chi connectivity index (χ3v) is 3.20. The number of carbonyl (C=O) groups excluding carboxylic acids is 2. The number of hydrogen-bond donors (Lipinski definition) is 2. The summed E-state index contributed by atoms with van der Waals surface area (Å²) in [5.41, 5.74) is 6.45. The van der Waals surface area contributed by atoms with E-state index >= 15 is 0 Å². The Bertz CT molecular complexity index is 347. The molecule has 0 unspecified atom stereocenters. The van der Waals surface area contributed by atoms with Crippen LogP contribution in [0.2, 0.25) is 0 Å². The van der Waals surface area contributed by atoms with Crippen molar-refractivity contribution in [2.75, 3.05) is 0 Å². The maximum Gasteiger partial charge on any atom is 0.331 e. The first-order valence-electron chi connectivity index (χ1n) is 6.47. The molecule has 18 heavy (non-hydrogen) atoms. The molecular formula is C12H18N4O2. The average molecular weight is 250 g/mol. The standard InChI is InChI=1S/C12H18N4O2/c17-11(15-13-9-5-1-2-6-9)12(18)16-14-10-7-3-4-8-10/h1-8H2,(H,15,17)(H,16,18). The zero-order valence-electron chi connectivity index (χ0n) is 10.4. The van der Waals surface area contributed by atoms with Crippen molar-refractivity contribution in [1.29, 1.82) is 0 Å². The molecule has 2 N–H and O–H groups in total. The summed E-state index contributed by atoms with van der Waals surface area (Å²) < 4.78 is 0. The molecule has 0 aliphatic heterocycles. The highest BCUT2D eigenvalue weighted by Gasteiger charge is 2.15. The number of rotatable bonds is 2. The van der Waals surface area contributed by atoms with Gasteiger partial charge in [0.05, 0.1) is 0 Å². The van der Waals surface area contributed by atoms with Gasteiger partial charge in [-0.05, 0) is 51.4 Å². The largest absolute Gasteiger partial charge is 0.331 e. The van der Waals surface area contributed by atoms with Crippen molar-refractivity contribution in [3.63, 3.8) is 0 Å². The van der Waals surface area contributed by atoms with Crippen LogP contribution in [0.25, 0.3) is 0 Å². The molecule has 0 aromatic carbocycles. The summed E-state index contributed by atoms with van der Waals surface area (Å²) in [6, 6.07) is 0. The average Bonchev–Trinajstić information content (AvgIpc) is 3.05. The van der Waals surface area contributed by atoms with Crippen molar-refractivity contribution in [2.24, 2.45) is 10.2 Å². The molecule has 2 saturated carbocycles. The normalized spacial score (nSPS) is 18.7. The summed E-state index contributed by atoms with van der Waals surface area (Å²) in [5.74, 6) is -1.51. The Hall–Kier alpha value is -1.72. The Balaban J connectivity index is 1.75. The van der Waals surface area contributed by atoms with E-state index in [0.717, 1.165) is 62.8 Å². The fraction of sp³-hybridized carbons (Fsp3) is 0.667. The van der Waals surface area contributed by atoms with Crippen molar-refractivity contribution in [1.82, 2.24) is 10.9 Å². The lowest BCUT2D eigenvalue weighted by Gasteiger charge is -2.01. The van der Waals surface area contributed by atoms with Gasteiger partial charge in [-0.2, -0.15) is 10.2 Å². The van der Waals surface area contributed by atoms with E-state index in [0.29, 0.717) is 0 Å². The third-order valence-electron chi connectivity index (χ3n) is 3.20. The lowest BCUT2D eigenvalue weighted by molar-refractivity contribution is -0.139. The van der Waals surface area contributed by atoms with Gasteiger partial charge in [0.1, 0.15) is 0 Å². The van der Waals surface area contributed by atoms with Crippen LogP contribution in [0.5, 0.6) is 0 Å². The van der Waals surface area contributed by atoms with Crippen molar-refractivity contribution in [2.45, 2.75) is 51.4 Å². The van der Waals surface area contributed by atoms with Gasteiger partial charge in [0.2, 0.25) is 0 Å². The van der Waals surface area contributed by atoms with Crippen LogP contribution >= 0.6 is 0 Å². The monoisotopic (exact) mass is 250 g/mol. The van der Waals surface area contributed by atoms with Gasteiger partial charge in [-0.15, -0.1) is 0 Å². The minimum atomic E-state index is -0.753. The summed E-state index contributed by atoms with van der Waals surface area (Å²) in [7, 11) is 0. The predicted molar refractivity (Wildman–Crippen MR) is 68.1 cm³/mol. The highest BCUT2D eigenvalue weighted by Crippen LogP contribution is 2.14. The molecule has 0 spiro atoms. The molecule has 6 heteroatoms. The summed E-state index contributed by atoms with van der Waals surface area (Å²) in [6.45, 7) is 0.